The van der Waals surface area contributed by atoms with Gasteiger partial charge in [-0.1, -0.05) is 17.7 Å². The first kappa shape index (κ1) is 22.0. The zero-order valence-electron chi connectivity index (χ0n) is 18.3. The topological polar surface area (TPSA) is 91.1 Å². The van der Waals surface area contributed by atoms with Gasteiger partial charge in [-0.2, -0.15) is 0 Å². The molecule has 2 aromatic carbocycles. The molecular weight excluding hydrogens is 426 g/mol. The van der Waals surface area contributed by atoms with Gasteiger partial charge in [-0.05, 0) is 56.4 Å². The van der Waals surface area contributed by atoms with Gasteiger partial charge in [-0.25, -0.2) is 4.99 Å². The number of non-ortho nitro benzene ring substituents is 1. The van der Waals surface area contributed by atoms with Crippen molar-refractivity contribution in [2.24, 2.45) is 4.99 Å². The van der Waals surface area contributed by atoms with Crippen LogP contribution in [0.2, 0.25) is 0 Å². The number of anilines is 1. The number of likely N-dealkylation sites (N-methyl/N-ethyl adjacent to an activating group) is 1. The van der Waals surface area contributed by atoms with Crippen molar-refractivity contribution < 1.29 is 9.72 Å². The standard InChI is InChI=1S/C23H25N5O3S/c1-15-4-6-19(16(2)12-15)24-23-25-22(29)21(32-23)14-17-13-18(28(30)31)5-7-20(17)27-10-8-26(3)9-11-27/h4-7,12-14H,8-11H2,1-3H3,(H,24,25,29)/b21-14-. The molecule has 2 heterocycles. The summed E-state index contributed by atoms with van der Waals surface area (Å²) in [5.74, 6) is -0.255. The SMILES string of the molecule is Cc1ccc(N=C2NC(=O)/C(=C/c3cc([N+](=O)[O-])ccc3N3CCN(C)CC3)S2)c(C)c1. The zero-order chi connectivity index (χ0) is 22.8. The fraction of sp³-hybridized carbons (Fsp3) is 0.304. The van der Waals surface area contributed by atoms with Crippen LogP contribution < -0.4 is 10.2 Å². The second-order valence-corrected chi connectivity index (χ2v) is 9.09. The Hall–Kier alpha value is -3.17. The van der Waals surface area contributed by atoms with E-state index < -0.39 is 4.92 Å². The average Bonchev–Trinajstić information content (AvgIpc) is 3.09. The van der Waals surface area contributed by atoms with E-state index in [0.717, 1.165) is 48.7 Å². The monoisotopic (exact) mass is 451 g/mol. The molecule has 0 atom stereocenters. The molecule has 0 saturated carbocycles. The first-order valence-corrected chi connectivity index (χ1v) is 11.2. The van der Waals surface area contributed by atoms with Crippen molar-refractivity contribution in [1.82, 2.24) is 10.2 Å². The number of amidine groups is 1. The number of nitro benzene ring substituents is 1. The molecule has 32 heavy (non-hydrogen) atoms. The van der Waals surface area contributed by atoms with E-state index in [1.165, 1.54) is 23.9 Å². The van der Waals surface area contributed by atoms with Crippen molar-refractivity contribution in [2.75, 3.05) is 38.1 Å². The van der Waals surface area contributed by atoms with Gasteiger partial charge in [-0.15, -0.1) is 0 Å². The summed E-state index contributed by atoms with van der Waals surface area (Å²) in [5, 5.41) is 14.7. The normalized spacial score (nSPS) is 19.6. The van der Waals surface area contributed by atoms with Crippen LogP contribution in [0.15, 0.2) is 46.3 Å². The number of hydrogen-bond donors (Lipinski definition) is 1. The largest absolute Gasteiger partial charge is 0.368 e. The molecule has 4 rings (SSSR count). The van der Waals surface area contributed by atoms with Crippen LogP contribution in [0.5, 0.6) is 0 Å². The molecule has 0 unspecified atom stereocenters. The maximum Gasteiger partial charge on any atom is 0.270 e. The lowest BCUT2D eigenvalue weighted by Crippen LogP contribution is -2.44. The maximum atomic E-state index is 12.6. The lowest BCUT2D eigenvalue weighted by atomic mass is 10.1. The fourth-order valence-electron chi connectivity index (χ4n) is 3.77. The zero-order valence-corrected chi connectivity index (χ0v) is 19.1. The number of aryl methyl sites for hydroxylation is 2. The van der Waals surface area contributed by atoms with Crippen LogP contribution in [0.1, 0.15) is 16.7 Å². The predicted molar refractivity (Wildman–Crippen MR) is 130 cm³/mol. The highest BCUT2D eigenvalue weighted by molar-refractivity contribution is 8.18. The quantitative estimate of drug-likeness (QED) is 0.431. The third-order valence-electron chi connectivity index (χ3n) is 5.58. The molecule has 2 aliphatic rings. The van der Waals surface area contributed by atoms with Gasteiger partial charge in [0.25, 0.3) is 11.6 Å². The number of aliphatic imine (C=N–C) groups is 1. The third-order valence-corrected chi connectivity index (χ3v) is 6.49. The molecule has 9 heteroatoms. The molecule has 1 N–H and O–H groups in total. The first-order valence-electron chi connectivity index (χ1n) is 10.4. The lowest BCUT2D eigenvalue weighted by Gasteiger charge is -2.34. The van der Waals surface area contributed by atoms with Crippen LogP contribution in [-0.2, 0) is 4.79 Å². The molecule has 2 aliphatic heterocycles. The van der Waals surface area contributed by atoms with E-state index in [9.17, 15) is 14.9 Å². The van der Waals surface area contributed by atoms with E-state index in [1.807, 2.05) is 32.0 Å². The number of benzene rings is 2. The molecular formula is C23H25N5O3S. The van der Waals surface area contributed by atoms with Gasteiger partial charge in [0, 0.05) is 49.6 Å². The van der Waals surface area contributed by atoms with Gasteiger partial charge in [-0.3, -0.25) is 14.9 Å². The summed E-state index contributed by atoms with van der Waals surface area (Å²) in [4.78, 5) is 33.1. The van der Waals surface area contributed by atoms with Crippen molar-refractivity contribution in [1.29, 1.82) is 0 Å². The number of carbonyl (C=O) groups excluding carboxylic acids is 1. The smallest absolute Gasteiger partial charge is 0.270 e. The Morgan fingerprint density at radius 1 is 1.12 bits per heavy atom. The van der Waals surface area contributed by atoms with Crippen LogP contribution in [0, 0.1) is 24.0 Å². The van der Waals surface area contributed by atoms with Crippen LogP contribution in [0.4, 0.5) is 17.1 Å². The molecule has 0 bridgehead atoms. The summed E-state index contributed by atoms with van der Waals surface area (Å²) >= 11 is 1.25. The van der Waals surface area contributed by atoms with Crippen molar-refractivity contribution in [3.05, 3.63) is 68.1 Å². The number of amides is 1. The van der Waals surface area contributed by atoms with E-state index in [1.54, 1.807) is 12.1 Å². The fourth-order valence-corrected chi connectivity index (χ4v) is 4.59. The summed E-state index contributed by atoms with van der Waals surface area (Å²) in [5.41, 5.74) is 4.53. The van der Waals surface area contributed by atoms with Gasteiger partial charge in [0.2, 0.25) is 0 Å². The molecule has 0 radical (unpaired) electrons. The second-order valence-electron chi connectivity index (χ2n) is 8.06. The van der Waals surface area contributed by atoms with Gasteiger partial charge in [0.05, 0.1) is 15.5 Å². The number of nitrogens with one attached hydrogen (secondary N) is 1. The van der Waals surface area contributed by atoms with Crippen LogP contribution >= 0.6 is 11.8 Å². The van der Waals surface area contributed by atoms with Crippen molar-refractivity contribution in [3.63, 3.8) is 0 Å². The molecule has 2 aromatic rings. The molecule has 8 nitrogen and oxygen atoms in total. The van der Waals surface area contributed by atoms with Gasteiger partial charge in [0.1, 0.15) is 0 Å². The minimum atomic E-state index is -0.412. The number of carbonyl (C=O) groups is 1. The number of hydrogen-bond acceptors (Lipinski definition) is 7. The summed E-state index contributed by atoms with van der Waals surface area (Å²) in [6.07, 6.45) is 1.73. The van der Waals surface area contributed by atoms with E-state index in [-0.39, 0.29) is 11.6 Å². The number of piperazine rings is 1. The Morgan fingerprint density at radius 3 is 2.56 bits per heavy atom. The van der Waals surface area contributed by atoms with Crippen molar-refractivity contribution in [3.8, 4) is 0 Å². The van der Waals surface area contributed by atoms with E-state index in [2.05, 4.69) is 27.2 Å². The molecule has 0 aliphatic carbocycles. The van der Waals surface area contributed by atoms with Crippen LogP contribution in [-0.4, -0.2) is 54.1 Å². The molecule has 0 aromatic heterocycles. The summed E-state index contributed by atoms with van der Waals surface area (Å²) in [7, 11) is 2.08. The maximum absolute atomic E-state index is 12.6. The van der Waals surface area contributed by atoms with Crippen LogP contribution in [0.3, 0.4) is 0 Å². The van der Waals surface area contributed by atoms with E-state index in [4.69, 9.17) is 0 Å². The summed E-state index contributed by atoms with van der Waals surface area (Å²) in [6, 6.07) is 10.8. The van der Waals surface area contributed by atoms with Crippen molar-refractivity contribution in [2.45, 2.75) is 13.8 Å². The molecule has 0 spiro atoms. The molecule has 2 saturated heterocycles. The van der Waals surface area contributed by atoms with Gasteiger partial charge >= 0.3 is 0 Å². The minimum absolute atomic E-state index is 0.00213. The van der Waals surface area contributed by atoms with Crippen LogP contribution in [0.25, 0.3) is 6.08 Å². The molecule has 2 fully saturated rings. The Morgan fingerprint density at radius 2 is 1.88 bits per heavy atom. The Kier molecular flexibility index (Phi) is 6.29. The predicted octanol–water partition coefficient (Wildman–Crippen LogP) is 3.86. The molecule has 166 valence electrons. The average molecular weight is 452 g/mol. The highest BCUT2D eigenvalue weighted by atomic mass is 32.2. The summed E-state index contributed by atoms with van der Waals surface area (Å²) < 4.78 is 0. The number of rotatable bonds is 4. The third kappa shape index (κ3) is 4.84. The Balaban J connectivity index is 1.66. The Labute approximate surface area is 191 Å². The van der Waals surface area contributed by atoms with Gasteiger partial charge in [0.15, 0.2) is 5.17 Å². The second kappa shape index (κ2) is 9.13. The number of nitrogens with zero attached hydrogens (tertiary/aromatic N) is 4. The Bertz CT molecular complexity index is 1140. The molecule has 1 amide bonds. The summed E-state index contributed by atoms with van der Waals surface area (Å²) in [6.45, 7) is 7.47. The van der Waals surface area contributed by atoms with Crippen molar-refractivity contribution >= 4 is 46.0 Å². The van der Waals surface area contributed by atoms with Gasteiger partial charge < -0.3 is 15.1 Å². The highest BCUT2D eigenvalue weighted by Crippen LogP contribution is 2.33. The highest BCUT2D eigenvalue weighted by Gasteiger charge is 2.26. The lowest BCUT2D eigenvalue weighted by molar-refractivity contribution is -0.384. The minimum Gasteiger partial charge on any atom is -0.368 e. The number of nitro groups is 1. The first-order chi connectivity index (χ1) is 15.3. The van der Waals surface area contributed by atoms with E-state index >= 15 is 0 Å². The number of thioether (sulfide) groups is 1. The van der Waals surface area contributed by atoms with E-state index in [0.29, 0.717) is 15.6 Å².